The molecule has 0 amide bonds. The van der Waals surface area contributed by atoms with Crippen molar-refractivity contribution in [3.05, 3.63) is 63.9 Å². The molecule has 0 radical (unpaired) electrons. The molecule has 0 saturated carbocycles. The average molecular weight is 329 g/mol. The monoisotopic (exact) mass is 328 g/mol. The second-order valence-electron chi connectivity index (χ2n) is 4.93. The lowest BCUT2D eigenvalue weighted by atomic mass is 10.1. The van der Waals surface area contributed by atoms with Crippen LogP contribution in [0.15, 0.2) is 47.5 Å². The van der Waals surface area contributed by atoms with E-state index >= 15 is 0 Å². The number of nitrogens with zero attached hydrogens (tertiary/aromatic N) is 4. The van der Waals surface area contributed by atoms with Gasteiger partial charge in [0.25, 0.3) is 0 Å². The molecule has 4 rings (SSSR count). The molecule has 0 bridgehead atoms. The minimum absolute atomic E-state index is 0.462. The third kappa shape index (κ3) is 2.12. The number of rotatable bonds is 1. The van der Waals surface area contributed by atoms with Crippen LogP contribution in [0.1, 0.15) is 11.4 Å². The van der Waals surface area contributed by atoms with E-state index in [1.54, 1.807) is 0 Å². The Morgan fingerprint density at radius 1 is 1.00 bits per heavy atom. The molecule has 0 N–H and O–H groups in total. The van der Waals surface area contributed by atoms with Crippen molar-refractivity contribution >= 4 is 29.4 Å². The lowest BCUT2D eigenvalue weighted by Crippen LogP contribution is -2.03. The average Bonchev–Trinajstić information content (AvgIpc) is 2.83. The van der Waals surface area contributed by atoms with Crippen LogP contribution in [0.2, 0.25) is 10.0 Å². The standard InChI is InChI=1S/C16H10Cl2N4/c17-11-5-6-14-10(7-11)8-19-9-15-20-21-16(22(14)15)12-3-1-2-4-13(12)18/h1-8H,9H2. The molecular formula is C16H10Cl2N4. The molecule has 1 aromatic heterocycles. The molecule has 6 heteroatoms. The molecule has 1 aliphatic heterocycles. The van der Waals surface area contributed by atoms with Crippen LogP contribution in [0.3, 0.4) is 0 Å². The molecule has 3 aromatic rings. The summed E-state index contributed by atoms with van der Waals surface area (Å²) in [6, 6.07) is 13.3. The van der Waals surface area contributed by atoms with Gasteiger partial charge in [0.15, 0.2) is 11.6 Å². The van der Waals surface area contributed by atoms with E-state index in [1.165, 1.54) is 0 Å². The van der Waals surface area contributed by atoms with Gasteiger partial charge in [-0.25, -0.2) is 0 Å². The molecule has 2 aromatic carbocycles. The van der Waals surface area contributed by atoms with Gasteiger partial charge in [-0.15, -0.1) is 10.2 Å². The molecule has 1 aliphatic rings. The zero-order valence-corrected chi connectivity index (χ0v) is 12.9. The van der Waals surface area contributed by atoms with E-state index in [2.05, 4.69) is 15.2 Å². The lowest BCUT2D eigenvalue weighted by Gasteiger charge is -2.11. The lowest BCUT2D eigenvalue weighted by molar-refractivity contribution is 0.873. The maximum Gasteiger partial charge on any atom is 0.170 e. The summed E-state index contributed by atoms with van der Waals surface area (Å²) in [5.41, 5.74) is 2.71. The summed E-state index contributed by atoms with van der Waals surface area (Å²) in [4.78, 5) is 4.38. The normalized spacial score (nSPS) is 12.6. The van der Waals surface area contributed by atoms with Crippen molar-refractivity contribution in [1.82, 2.24) is 14.8 Å². The van der Waals surface area contributed by atoms with Gasteiger partial charge in [-0.2, -0.15) is 0 Å². The van der Waals surface area contributed by atoms with Gasteiger partial charge in [-0.05, 0) is 30.3 Å². The zero-order valence-electron chi connectivity index (χ0n) is 11.4. The summed E-state index contributed by atoms with van der Waals surface area (Å²) < 4.78 is 1.99. The molecule has 0 unspecified atom stereocenters. The third-order valence-corrected chi connectivity index (χ3v) is 4.10. The van der Waals surface area contributed by atoms with Gasteiger partial charge >= 0.3 is 0 Å². The Labute approximate surface area is 137 Å². The summed E-state index contributed by atoms with van der Waals surface area (Å²) in [5, 5.41) is 9.88. The first-order valence-electron chi connectivity index (χ1n) is 6.73. The minimum atomic E-state index is 0.462. The molecule has 4 nitrogen and oxygen atoms in total. The van der Waals surface area contributed by atoms with Crippen LogP contribution in [0.5, 0.6) is 0 Å². The molecular weight excluding hydrogens is 319 g/mol. The number of halogens is 2. The van der Waals surface area contributed by atoms with Crippen LogP contribution in [-0.2, 0) is 6.54 Å². The predicted molar refractivity (Wildman–Crippen MR) is 88.1 cm³/mol. The zero-order chi connectivity index (χ0) is 15.1. The third-order valence-electron chi connectivity index (χ3n) is 3.54. The van der Waals surface area contributed by atoms with Gasteiger partial charge < -0.3 is 0 Å². The number of hydrogen-bond acceptors (Lipinski definition) is 3. The van der Waals surface area contributed by atoms with E-state index in [4.69, 9.17) is 23.2 Å². The fraction of sp³-hybridized carbons (Fsp3) is 0.0625. The molecule has 0 fully saturated rings. The van der Waals surface area contributed by atoms with Gasteiger partial charge in [0.05, 0.1) is 17.3 Å². The highest BCUT2D eigenvalue weighted by Gasteiger charge is 2.20. The molecule has 108 valence electrons. The highest BCUT2D eigenvalue weighted by atomic mass is 35.5. The van der Waals surface area contributed by atoms with Gasteiger partial charge in [0, 0.05) is 22.4 Å². The fourth-order valence-electron chi connectivity index (χ4n) is 2.55. The van der Waals surface area contributed by atoms with Crippen molar-refractivity contribution in [1.29, 1.82) is 0 Å². The molecule has 0 aliphatic carbocycles. The van der Waals surface area contributed by atoms with Crippen molar-refractivity contribution < 1.29 is 0 Å². The second-order valence-corrected chi connectivity index (χ2v) is 5.77. The van der Waals surface area contributed by atoms with E-state index in [9.17, 15) is 0 Å². The Morgan fingerprint density at radius 3 is 2.73 bits per heavy atom. The summed E-state index contributed by atoms with van der Waals surface area (Å²) >= 11 is 12.4. The van der Waals surface area contributed by atoms with Crippen LogP contribution in [0, 0.1) is 0 Å². The first kappa shape index (κ1) is 13.5. The van der Waals surface area contributed by atoms with E-state index in [-0.39, 0.29) is 0 Å². The smallest absolute Gasteiger partial charge is 0.170 e. The Kier molecular flexibility index (Phi) is 3.21. The van der Waals surface area contributed by atoms with Gasteiger partial charge in [0.1, 0.15) is 0 Å². The van der Waals surface area contributed by atoms with Crippen molar-refractivity contribution in [2.75, 3.05) is 0 Å². The van der Waals surface area contributed by atoms with E-state index in [0.29, 0.717) is 22.4 Å². The Balaban J connectivity index is 2.01. The first-order chi connectivity index (χ1) is 10.7. The SMILES string of the molecule is Clc1ccc2c(c1)C=NCc1nnc(-c3ccccc3Cl)n1-2. The maximum atomic E-state index is 6.32. The minimum Gasteiger partial charge on any atom is -0.284 e. The molecule has 0 atom stereocenters. The topological polar surface area (TPSA) is 43.1 Å². The Morgan fingerprint density at radius 2 is 1.86 bits per heavy atom. The Bertz CT molecular complexity index is 899. The van der Waals surface area contributed by atoms with Crippen molar-refractivity contribution in [3.8, 4) is 17.1 Å². The second kappa shape index (κ2) is 5.23. The van der Waals surface area contributed by atoms with Crippen LogP contribution in [-0.4, -0.2) is 21.0 Å². The molecule has 22 heavy (non-hydrogen) atoms. The summed E-state index contributed by atoms with van der Waals surface area (Å²) in [6.07, 6.45) is 1.81. The van der Waals surface area contributed by atoms with Crippen LogP contribution in [0.4, 0.5) is 0 Å². The van der Waals surface area contributed by atoms with Crippen LogP contribution >= 0.6 is 23.2 Å². The van der Waals surface area contributed by atoms with Crippen LogP contribution in [0.25, 0.3) is 17.1 Å². The van der Waals surface area contributed by atoms with Gasteiger partial charge in [-0.3, -0.25) is 9.56 Å². The molecule has 2 heterocycles. The summed E-state index contributed by atoms with van der Waals surface area (Å²) in [6.45, 7) is 0.462. The fourth-order valence-corrected chi connectivity index (χ4v) is 2.95. The number of aromatic nitrogens is 3. The quantitative estimate of drug-likeness (QED) is 0.672. The van der Waals surface area contributed by atoms with E-state index < -0.39 is 0 Å². The summed E-state index contributed by atoms with van der Waals surface area (Å²) in [7, 11) is 0. The number of fused-ring (bicyclic) bond motifs is 3. The predicted octanol–water partition coefficient (Wildman–Crippen LogP) is 4.17. The number of benzene rings is 2. The number of hydrogen-bond donors (Lipinski definition) is 0. The maximum absolute atomic E-state index is 6.32. The van der Waals surface area contributed by atoms with E-state index in [0.717, 1.165) is 22.6 Å². The largest absolute Gasteiger partial charge is 0.284 e. The van der Waals surface area contributed by atoms with Crippen molar-refractivity contribution in [2.45, 2.75) is 6.54 Å². The number of aliphatic imine (C=N–C) groups is 1. The highest BCUT2D eigenvalue weighted by molar-refractivity contribution is 6.33. The Hall–Kier alpha value is -2.17. The molecule has 0 spiro atoms. The van der Waals surface area contributed by atoms with Gasteiger partial charge in [-0.1, -0.05) is 35.3 Å². The van der Waals surface area contributed by atoms with Crippen LogP contribution < -0.4 is 0 Å². The van der Waals surface area contributed by atoms with Gasteiger partial charge in [0.2, 0.25) is 0 Å². The summed E-state index contributed by atoms with van der Waals surface area (Å²) in [5.74, 6) is 1.47. The first-order valence-corrected chi connectivity index (χ1v) is 7.48. The highest BCUT2D eigenvalue weighted by Crippen LogP contribution is 2.31. The van der Waals surface area contributed by atoms with E-state index in [1.807, 2.05) is 53.2 Å². The molecule has 0 saturated heterocycles. The van der Waals surface area contributed by atoms with Crippen molar-refractivity contribution in [3.63, 3.8) is 0 Å². The van der Waals surface area contributed by atoms with Crippen molar-refractivity contribution in [2.24, 2.45) is 4.99 Å².